The van der Waals surface area contributed by atoms with Gasteiger partial charge in [-0.2, -0.15) is 0 Å². The van der Waals surface area contributed by atoms with Gasteiger partial charge < -0.3 is 9.80 Å². The third-order valence-corrected chi connectivity index (χ3v) is 6.00. The van der Waals surface area contributed by atoms with Crippen LogP contribution in [0, 0.1) is 5.92 Å². The van der Waals surface area contributed by atoms with Crippen molar-refractivity contribution in [2.24, 2.45) is 5.92 Å². The summed E-state index contributed by atoms with van der Waals surface area (Å²) in [5.74, 6) is 1.77. The number of hydrogen-bond donors (Lipinski definition) is 0. The van der Waals surface area contributed by atoms with Gasteiger partial charge in [0.15, 0.2) is 0 Å². The molecule has 0 spiro atoms. The number of anilines is 1. The zero-order valence-electron chi connectivity index (χ0n) is 15.7. The van der Waals surface area contributed by atoms with E-state index < -0.39 is 0 Å². The van der Waals surface area contributed by atoms with E-state index in [0.29, 0.717) is 11.6 Å². The molecule has 4 rings (SSSR count). The van der Waals surface area contributed by atoms with Crippen molar-refractivity contribution in [2.45, 2.75) is 38.6 Å². The van der Waals surface area contributed by atoms with E-state index in [1.54, 1.807) is 6.20 Å². The summed E-state index contributed by atoms with van der Waals surface area (Å²) < 4.78 is 0. The molecule has 1 aromatic heterocycles. The van der Waals surface area contributed by atoms with Crippen LogP contribution < -0.4 is 4.90 Å². The predicted octanol–water partition coefficient (Wildman–Crippen LogP) is 4.08. The highest BCUT2D eigenvalue weighted by Crippen LogP contribution is 2.36. The molecule has 1 aromatic carbocycles. The molecule has 4 heteroatoms. The van der Waals surface area contributed by atoms with E-state index in [0.717, 1.165) is 50.5 Å². The second kappa shape index (κ2) is 7.10. The minimum Gasteiger partial charge on any atom is -0.353 e. The van der Waals surface area contributed by atoms with Crippen molar-refractivity contribution in [2.75, 3.05) is 25.0 Å². The summed E-state index contributed by atoms with van der Waals surface area (Å²) in [5.41, 5.74) is 3.54. The third-order valence-electron chi connectivity index (χ3n) is 6.00. The van der Waals surface area contributed by atoms with Gasteiger partial charge in [0.25, 0.3) is 5.91 Å². The lowest BCUT2D eigenvalue weighted by molar-refractivity contribution is 0.0697. The van der Waals surface area contributed by atoms with Gasteiger partial charge >= 0.3 is 0 Å². The van der Waals surface area contributed by atoms with E-state index in [1.807, 2.05) is 17.0 Å². The zero-order chi connectivity index (χ0) is 18.1. The van der Waals surface area contributed by atoms with E-state index in [9.17, 15) is 4.79 Å². The summed E-state index contributed by atoms with van der Waals surface area (Å²) in [6.45, 7) is 3.98. The van der Waals surface area contributed by atoms with Crippen molar-refractivity contribution in [3.8, 4) is 0 Å². The van der Waals surface area contributed by atoms with Crippen LogP contribution >= 0.6 is 0 Å². The standard InChI is InChI=1S/C22H27N3O/c1-16-11-13-25(14-12-16)22(26)18-8-10-21(23-15-18)24(2)20-9-7-17-5-3-4-6-19(17)20/h3-6,8,10,15-16,20H,7,9,11-14H2,1-2H3. The number of likely N-dealkylation sites (tertiary alicyclic amines) is 1. The molecule has 136 valence electrons. The Bertz CT molecular complexity index is 778. The predicted molar refractivity (Wildman–Crippen MR) is 104 cm³/mol. The fourth-order valence-corrected chi connectivity index (χ4v) is 4.21. The van der Waals surface area contributed by atoms with E-state index in [-0.39, 0.29) is 5.91 Å². The van der Waals surface area contributed by atoms with Crippen molar-refractivity contribution >= 4 is 11.7 Å². The second-order valence-electron chi connectivity index (χ2n) is 7.74. The van der Waals surface area contributed by atoms with Crippen molar-refractivity contribution < 1.29 is 4.79 Å². The van der Waals surface area contributed by atoms with Crippen LogP contribution in [0.4, 0.5) is 5.82 Å². The van der Waals surface area contributed by atoms with Crippen LogP contribution in [0.25, 0.3) is 0 Å². The Morgan fingerprint density at radius 3 is 2.62 bits per heavy atom. The van der Waals surface area contributed by atoms with Crippen molar-refractivity contribution in [1.29, 1.82) is 0 Å². The van der Waals surface area contributed by atoms with E-state index in [1.165, 1.54) is 11.1 Å². The molecule has 2 aromatic rings. The topological polar surface area (TPSA) is 36.4 Å². The van der Waals surface area contributed by atoms with Crippen molar-refractivity contribution in [3.05, 3.63) is 59.3 Å². The van der Waals surface area contributed by atoms with Crippen LogP contribution in [-0.4, -0.2) is 35.9 Å². The number of fused-ring (bicyclic) bond motifs is 1. The van der Waals surface area contributed by atoms with Crippen LogP contribution in [0.2, 0.25) is 0 Å². The SMILES string of the molecule is CC1CCN(C(=O)c2ccc(N(C)C3CCc4ccccc43)nc2)CC1. The second-order valence-corrected chi connectivity index (χ2v) is 7.74. The summed E-state index contributed by atoms with van der Waals surface area (Å²) >= 11 is 0. The molecule has 0 saturated carbocycles. The first kappa shape index (κ1) is 17.1. The summed E-state index contributed by atoms with van der Waals surface area (Å²) in [4.78, 5) is 21.5. The number of benzene rings is 1. The van der Waals surface area contributed by atoms with Gasteiger partial charge in [0, 0.05) is 26.3 Å². The minimum absolute atomic E-state index is 0.116. The highest BCUT2D eigenvalue weighted by Gasteiger charge is 2.27. The van der Waals surface area contributed by atoms with E-state index in [4.69, 9.17) is 0 Å². The minimum atomic E-state index is 0.116. The van der Waals surface area contributed by atoms with Gasteiger partial charge in [-0.05, 0) is 54.9 Å². The van der Waals surface area contributed by atoms with Gasteiger partial charge in [0.1, 0.15) is 5.82 Å². The largest absolute Gasteiger partial charge is 0.353 e. The number of pyridine rings is 1. The number of amides is 1. The lowest BCUT2D eigenvalue weighted by Crippen LogP contribution is -2.38. The number of carbonyl (C=O) groups is 1. The lowest BCUT2D eigenvalue weighted by Gasteiger charge is -2.30. The molecular formula is C22H27N3O. The summed E-state index contributed by atoms with van der Waals surface area (Å²) in [5, 5.41) is 0. The first-order valence-electron chi connectivity index (χ1n) is 9.69. The highest BCUT2D eigenvalue weighted by atomic mass is 16.2. The quantitative estimate of drug-likeness (QED) is 0.838. The van der Waals surface area contributed by atoms with Crippen LogP contribution in [0.3, 0.4) is 0 Å². The molecule has 1 aliphatic heterocycles. The maximum absolute atomic E-state index is 12.7. The Morgan fingerprint density at radius 2 is 1.88 bits per heavy atom. The number of carbonyl (C=O) groups excluding carboxylic acids is 1. The Kier molecular flexibility index (Phi) is 4.66. The number of hydrogen-bond acceptors (Lipinski definition) is 3. The highest BCUT2D eigenvalue weighted by molar-refractivity contribution is 5.94. The van der Waals surface area contributed by atoms with E-state index >= 15 is 0 Å². The van der Waals surface area contributed by atoms with Gasteiger partial charge in [0.05, 0.1) is 11.6 Å². The molecule has 1 atom stereocenters. The van der Waals surface area contributed by atoms with Crippen molar-refractivity contribution in [1.82, 2.24) is 9.88 Å². The Labute approximate surface area is 155 Å². The number of rotatable bonds is 3. The van der Waals surface area contributed by atoms with Gasteiger partial charge in [-0.25, -0.2) is 4.98 Å². The molecule has 4 nitrogen and oxygen atoms in total. The smallest absolute Gasteiger partial charge is 0.255 e. The molecule has 1 saturated heterocycles. The molecule has 0 radical (unpaired) electrons. The molecule has 1 fully saturated rings. The molecule has 1 unspecified atom stereocenters. The normalized spacial score (nSPS) is 20.1. The Balaban J connectivity index is 1.47. The van der Waals surface area contributed by atoms with Gasteiger partial charge in [-0.1, -0.05) is 31.2 Å². The van der Waals surface area contributed by atoms with Gasteiger partial charge in [-0.15, -0.1) is 0 Å². The average molecular weight is 349 g/mol. The number of aromatic nitrogens is 1. The van der Waals surface area contributed by atoms with Crippen LogP contribution in [0.15, 0.2) is 42.6 Å². The summed E-state index contributed by atoms with van der Waals surface area (Å²) in [6, 6.07) is 12.9. The molecule has 26 heavy (non-hydrogen) atoms. The molecule has 0 bridgehead atoms. The maximum Gasteiger partial charge on any atom is 0.255 e. The molecule has 2 heterocycles. The number of piperidine rings is 1. The molecule has 2 aliphatic rings. The Morgan fingerprint density at radius 1 is 1.12 bits per heavy atom. The van der Waals surface area contributed by atoms with Crippen LogP contribution in [-0.2, 0) is 6.42 Å². The fourth-order valence-electron chi connectivity index (χ4n) is 4.21. The Hall–Kier alpha value is -2.36. The monoisotopic (exact) mass is 349 g/mol. The summed E-state index contributed by atoms with van der Waals surface area (Å²) in [7, 11) is 2.10. The molecule has 1 aliphatic carbocycles. The van der Waals surface area contributed by atoms with Gasteiger partial charge in [-0.3, -0.25) is 4.79 Å². The molecule has 0 N–H and O–H groups in total. The summed E-state index contributed by atoms with van der Waals surface area (Å²) in [6.07, 6.45) is 6.18. The number of nitrogens with zero attached hydrogens (tertiary/aromatic N) is 3. The molecular weight excluding hydrogens is 322 g/mol. The first-order valence-corrected chi connectivity index (χ1v) is 9.69. The third kappa shape index (κ3) is 3.20. The van der Waals surface area contributed by atoms with Crippen LogP contribution in [0.1, 0.15) is 53.7 Å². The molecule has 1 amide bonds. The fraction of sp³-hybridized carbons (Fsp3) is 0.455. The zero-order valence-corrected chi connectivity index (χ0v) is 15.7. The first-order chi connectivity index (χ1) is 12.6. The van der Waals surface area contributed by atoms with Crippen LogP contribution in [0.5, 0.6) is 0 Å². The average Bonchev–Trinajstić information content (AvgIpc) is 3.12. The van der Waals surface area contributed by atoms with E-state index in [2.05, 4.69) is 48.1 Å². The van der Waals surface area contributed by atoms with Crippen molar-refractivity contribution in [3.63, 3.8) is 0 Å². The number of aryl methyl sites for hydroxylation is 1. The maximum atomic E-state index is 12.7. The lowest BCUT2D eigenvalue weighted by atomic mass is 9.99. The van der Waals surface area contributed by atoms with Gasteiger partial charge in [0.2, 0.25) is 0 Å².